The minimum absolute atomic E-state index is 0.397. The summed E-state index contributed by atoms with van der Waals surface area (Å²) in [5.41, 5.74) is 0. The van der Waals surface area contributed by atoms with Gasteiger partial charge in [-0.2, -0.15) is 0 Å². The minimum atomic E-state index is -1.70. The van der Waals surface area contributed by atoms with Crippen LogP contribution in [0, 0.1) is 0 Å². The third-order valence-electron chi connectivity index (χ3n) is 5.13. The molecule has 2 heterocycles. The summed E-state index contributed by atoms with van der Waals surface area (Å²) in [6.07, 6.45) is -11.9. The zero-order valence-electron chi connectivity index (χ0n) is 16.4. The van der Waals surface area contributed by atoms with Gasteiger partial charge in [0.1, 0.15) is 36.6 Å². The van der Waals surface area contributed by atoms with Crippen molar-refractivity contribution in [2.45, 2.75) is 81.4 Å². The lowest BCUT2D eigenvalue weighted by molar-refractivity contribution is -0.328. The van der Waals surface area contributed by atoms with E-state index in [9.17, 15) is 35.1 Å². The van der Waals surface area contributed by atoms with E-state index in [2.05, 4.69) is 5.32 Å². The predicted molar refractivity (Wildman–Crippen MR) is 93.6 cm³/mol. The molecule has 0 aromatic carbocycles. The fraction of sp³-hybridized carbons (Fsp3) is 0.882. The molecule has 2 saturated heterocycles. The number of carbonyl (C=O) groups excluding carboxylic acids is 1. The molecule has 0 bridgehead atoms. The van der Waals surface area contributed by atoms with Crippen molar-refractivity contribution in [1.29, 1.82) is 0 Å². The number of amides is 1. The zero-order valence-corrected chi connectivity index (χ0v) is 16.4. The fourth-order valence-corrected chi connectivity index (χ4v) is 3.67. The van der Waals surface area contributed by atoms with Gasteiger partial charge in [0.2, 0.25) is 5.91 Å². The van der Waals surface area contributed by atoms with Crippen LogP contribution in [0.2, 0.25) is 0 Å². The summed E-state index contributed by atoms with van der Waals surface area (Å²) in [4.78, 5) is 23.1. The second kappa shape index (κ2) is 10.1. The van der Waals surface area contributed by atoms with E-state index < -0.39 is 79.6 Å². The van der Waals surface area contributed by atoms with Gasteiger partial charge in [0.15, 0.2) is 12.4 Å². The van der Waals surface area contributed by atoms with Crippen LogP contribution in [0.25, 0.3) is 0 Å². The van der Waals surface area contributed by atoms with Crippen molar-refractivity contribution in [3.8, 4) is 0 Å². The Labute approximate surface area is 167 Å². The topological polar surface area (TPSA) is 184 Å². The number of aliphatic carboxylic acids is 1. The Kier molecular flexibility index (Phi) is 8.31. The summed E-state index contributed by atoms with van der Waals surface area (Å²) in [6.45, 7) is 2.49. The highest BCUT2D eigenvalue weighted by Gasteiger charge is 2.52. The molecule has 5 unspecified atom stereocenters. The van der Waals surface area contributed by atoms with Crippen molar-refractivity contribution in [3.05, 3.63) is 0 Å². The molecule has 12 nitrogen and oxygen atoms in total. The number of hydrogen-bond acceptors (Lipinski definition) is 10. The molecule has 12 heteroatoms. The lowest BCUT2D eigenvalue weighted by atomic mass is 9.90. The second-order valence-electron chi connectivity index (χ2n) is 7.07. The largest absolute Gasteiger partial charge is 0.479 e. The summed E-state index contributed by atoms with van der Waals surface area (Å²) >= 11 is 0. The Hall–Kier alpha value is -1.38. The van der Waals surface area contributed by atoms with Gasteiger partial charge in [0.05, 0.1) is 18.8 Å². The van der Waals surface area contributed by atoms with Crippen molar-refractivity contribution in [3.63, 3.8) is 0 Å². The first-order valence-corrected chi connectivity index (χ1v) is 9.30. The van der Waals surface area contributed by atoms with E-state index >= 15 is 0 Å². The molecule has 0 spiro atoms. The molecule has 168 valence electrons. The van der Waals surface area contributed by atoms with Crippen LogP contribution in [0.4, 0.5) is 0 Å². The van der Waals surface area contributed by atoms with Gasteiger partial charge in [0.25, 0.3) is 0 Å². The molecule has 2 aliphatic rings. The summed E-state index contributed by atoms with van der Waals surface area (Å²) < 4.78 is 21.5. The zero-order chi connectivity index (χ0) is 21.9. The van der Waals surface area contributed by atoms with Crippen molar-refractivity contribution in [2.75, 3.05) is 13.7 Å². The lowest BCUT2D eigenvalue weighted by Gasteiger charge is -2.47. The maximum absolute atomic E-state index is 11.6. The van der Waals surface area contributed by atoms with Gasteiger partial charge in [0, 0.05) is 14.0 Å². The van der Waals surface area contributed by atoms with Crippen molar-refractivity contribution in [2.24, 2.45) is 0 Å². The van der Waals surface area contributed by atoms with Gasteiger partial charge in [-0.15, -0.1) is 0 Å². The van der Waals surface area contributed by atoms with Gasteiger partial charge in [-0.25, -0.2) is 4.79 Å². The highest BCUT2D eigenvalue weighted by atomic mass is 16.7. The molecule has 0 radical (unpaired) electrons. The van der Waals surface area contributed by atoms with E-state index in [0.29, 0.717) is 6.42 Å². The Morgan fingerprint density at radius 2 is 1.69 bits per heavy atom. The molecule has 0 aromatic rings. The molecule has 1 amide bonds. The number of nitrogens with one attached hydrogen (secondary N) is 1. The van der Waals surface area contributed by atoms with E-state index in [1.54, 1.807) is 6.92 Å². The third kappa shape index (κ3) is 5.03. The summed E-state index contributed by atoms with van der Waals surface area (Å²) in [7, 11) is 1.16. The van der Waals surface area contributed by atoms with E-state index in [4.69, 9.17) is 18.9 Å². The lowest BCUT2D eigenvalue weighted by Crippen LogP contribution is -2.67. The van der Waals surface area contributed by atoms with Crippen LogP contribution >= 0.6 is 0 Å². The minimum Gasteiger partial charge on any atom is -0.479 e. The molecule has 6 N–H and O–H groups in total. The number of carbonyl (C=O) groups is 2. The Balaban J connectivity index is 2.30. The highest BCUT2D eigenvalue weighted by Crippen LogP contribution is 2.30. The number of ether oxygens (including phenoxy) is 4. The third-order valence-corrected chi connectivity index (χ3v) is 5.13. The quantitative estimate of drug-likeness (QED) is 0.244. The first-order chi connectivity index (χ1) is 13.7. The maximum atomic E-state index is 11.6. The van der Waals surface area contributed by atoms with Gasteiger partial charge in [-0.05, 0) is 6.42 Å². The maximum Gasteiger partial charge on any atom is 0.335 e. The molecule has 10 atom stereocenters. The van der Waals surface area contributed by atoms with Crippen molar-refractivity contribution in [1.82, 2.24) is 5.32 Å². The highest BCUT2D eigenvalue weighted by molar-refractivity contribution is 5.73. The normalized spacial score (nSPS) is 43.0. The molecule has 2 fully saturated rings. The number of carboxylic acid groups (broad SMARTS) is 1. The molecule has 0 aromatic heterocycles. The Bertz CT molecular complexity index is 576. The predicted octanol–water partition coefficient (Wildman–Crippen LogP) is -3.05. The van der Waals surface area contributed by atoms with Gasteiger partial charge >= 0.3 is 5.97 Å². The van der Waals surface area contributed by atoms with Gasteiger partial charge in [-0.1, -0.05) is 6.92 Å². The standard InChI is InChI=1S/C17H29NO11/c1-4-7-9(18-6(2)20)13(10(21)8(5-19)27-7)28-17-12(23)11(22)14(26-3)15(29-17)16(24)25/h7-15,17,19,21-23H,4-5H2,1-3H3,(H,18,20)(H,24,25)/t7?,8?,9?,10-,11-,12?,13-,14+,15?,17-/m1/s1. The van der Waals surface area contributed by atoms with Gasteiger partial charge < -0.3 is 49.8 Å². The average Bonchev–Trinajstić information content (AvgIpc) is 2.67. The average molecular weight is 423 g/mol. The van der Waals surface area contributed by atoms with E-state index in [-0.39, 0.29) is 0 Å². The van der Waals surface area contributed by atoms with Crippen molar-refractivity contribution < 1.29 is 54.1 Å². The van der Waals surface area contributed by atoms with Crippen LogP contribution < -0.4 is 5.32 Å². The molecule has 29 heavy (non-hydrogen) atoms. The molecule has 0 saturated carbocycles. The monoisotopic (exact) mass is 423 g/mol. The fourth-order valence-electron chi connectivity index (χ4n) is 3.67. The molecular weight excluding hydrogens is 394 g/mol. The van der Waals surface area contributed by atoms with E-state index in [0.717, 1.165) is 7.11 Å². The summed E-state index contributed by atoms with van der Waals surface area (Å²) in [6, 6.07) is -0.883. The first kappa shape index (κ1) is 23.9. The molecule has 0 aliphatic carbocycles. The van der Waals surface area contributed by atoms with Crippen LogP contribution in [0.3, 0.4) is 0 Å². The van der Waals surface area contributed by atoms with Crippen LogP contribution in [-0.4, -0.2) is 112 Å². The molecule has 2 rings (SSSR count). The van der Waals surface area contributed by atoms with Crippen LogP contribution in [0.5, 0.6) is 0 Å². The number of aliphatic hydroxyl groups excluding tert-OH is 4. The SMILES string of the molecule is CCC1OC(CO)[C@@H](O)[C@H](O[C@@H]2OC(C(=O)O)[C@@H](OC)[C@H](O)C2O)C1NC(C)=O. The second-order valence-corrected chi connectivity index (χ2v) is 7.07. The number of hydrogen-bond donors (Lipinski definition) is 6. The molecule has 2 aliphatic heterocycles. The Morgan fingerprint density at radius 3 is 2.17 bits per heavy atom. The number of methoxy groups -OCH3 is 1. The summed E-state index contributed by atoms with van der Waals surface area (Å²) in [5.74, 6) is -1.88. The first-order valence-electron chi connectivity index (χ1n) is 9.30. The summed E-state index contributed by atoms with van der Waals surface area (Å²) in [5, 5.41) is 52.6. The Morgan fingerprint density at radius 1 is 1.03 bits per heavy atom. The van der Waals surface area contributed by atoms with Crippen LogP contribution in [0.15, 0.2) is 0 Å². The van der Waals surface area contributed by atoms with Crippen molar-refractivity contribution >= 4 is 11.9 Å². The number of aliphatic hydroxyl groups is 4. The number of carboxylic acids is 1. The smallest absolute Gasteiger partial charge is 0.335 e. The number of rotatable bonds is 7. The molecular formula is C17H29NO11. The van der Waals surface area contributed by atoms with E-state index in [1.807, 2.05) is 0 Å². The van der Waals surface area contributed by atoms with E-state index in [1.165, 1.54) is 6.92 Å². The van der Waals surface area contributed by atoms with Crippen LogP contribution in [-0.2, 0) is 28.5 Å². The van der Waals surface area contributed by atoms with Gasteiger partial charge in [-0.3, -0.25) is 4.79 Å². The van der Waals surface area contributed by atoms with Crippen LogP contribution in [0.1, 0.15) is 20.3 Å².